The van der Waals surface area contributed by atoms with Crippen molar-refractivity contribution in [3.8, 4) is 6.07 Å². The van der Waals surface area contributed by atoms with E-state index in [1.807, 2.05) is 24.3 Å². The molecule has 0 radical (unpaired) electrons. The van der Waals surface area contributed by atoms with E-state index in [-0.39, 0.29) is 0 Å². The van der Waals surface area contributed by atoms with E-state index in [2.05, 4.69) is 24.8 Å². The molecule has 0 bridgehead atoms. The highest BCUT2D eigenvalue weighted by molar-refractivity contribution is 5.31. The summed E-state index contributed by atoms with van der Waals surface area (Å²) < 4.78 is 5.18. The Balaban J connectivity index is 2.64. The Labute approximate surface area is 104 Å². The second-order valence-corrected chi connectivity index (χ2v) is 4.18. The van der Waals surface area contributed by atoms with Gasteiger partial charge >= 0.3 is 0 Å². The van der Waals surface area contributed by atoms with Crippen LogP contribution in [0.15, 0.2) is 24.3 Å². The molecule has 3 nitrogen and oxygen atoms in total. The first-order valence-corrected chi connectivity index (χ1v) is 5.93. The van der Waals surface area contributed by atoms with Crippen molar-refractivity contribution < 1.29 is 4.74 Å². The van der Waals surface area contributed by atoms with Crippen molar-refractivity contribution in [1.82, 2.24) is 4.90 Å². The van der Waals surface area contributed by atoms with Crippen LogP contribution in [0.4, 0.5) is 0 Å². The number of likely N-dealkylation sites (N-methyl/N-ethyl adjacent to an activating group) is 1. The molecule has 1 aromatic carbocycles. The first-order chi connectivity index (χ1) is 8.21. The lowest BCUT2D eigenvalue weighted by Gasteiger charge is -2.27. The molecule has 92 valence electrons. The van der Waals surface area contributed by atoms with Gasteiger partial charge in [0.05, 0.1) is 18.2 Å². The Kier molecular flexibility index (Phi) is 5.68. The first kappa shape index (κ1) is 13.7. The fourth-order valence-electron chi connectivity index (χ4n) is 1.85. The fraction of sp³-hybridized carbons (Fsp3) is 0.500. The number of nitrogens with zero attached hydrogens (tertiary/aromatic N) is 2. The van der Waals surface area contributed by atoms with Gasteiger partial charge in [0.2, 0.25) is 0 Å². The Morgan fingerprint density at radius 1 is 1.35 bits per heavy atom. The molecule has 0 saturated carbocycles. The van der Waals surface area contributed by atoms with Crippen LogP contribution in [0.3, 0.4) is 0 Å². The van der Waals surface area contributed by atoms with Gasteiger partial charge < -0.3 is 4.74 Å². The smallest absolute Gasteiger partial charge is 0.0991 e. The summed E-state index contributed by atoms with van der Waals surface area (Å²) in [4.78, 5) is 2.35. The number of hydrogen-bond acceptors (Lipinski definition) is 3. The van der Waals surface area contributed by atoms with Crippen LogP contribution in [0.5, 0.6) is 0 Å². The fourth-order valence-corrected chi connectivity index (χ4v) is 1.85. The standard InChI is InChI=1S/C14H20N2O/c1-4-16(12(2)11-17-3)10-14-7-5-13(9-15)6-8-14/h5-8,12H,4,10-11H2,1-3H3. The van der Waals surface area contributed by atoms with E-state index in [1.54, 1.807) is 7.11 Å². The van der Waals surface area contributed by atoms with E-state index in [0.29, 0.717) is 11.6 Å². The number of ether oxygens (including phenoxy) is 1. The zero-order chi connectivity index (χ0) is 12.7. The van der Waals surface area contributed by atoms with Crippen LogP contribution in [0.2, 0.25) is 0 Å². The lowest BCUT2D eigenvalue weighted by atomic mass is 10.1. The summed E-state index contributed by atoms with van der Waals surface area (Å²) in [5.74, 6) is 0. The minimum absolute atomic E-state index is 0.403. The quantitative estimate of drug-likeness (QED) is 0.755. The summed E-state index contributed by atoms with van der Waals surface area (Å²) in [6, 6.07) is 10.3. The normalized spacial score (nSPS) is 12.4. The number of rotatable bonds is 6. The summed E-state index contributed by atoms with van der Waals surface area (Å²) in [6.07, 6.45) is 0. The monoisotopic (exact) mass is 232 g/mol. The lowest BCUT2D eigenvalue weighted by molar-refractivity contribution is 0.0982. The van der Waals surface area contributed by atoms with Gasteiger partial charge in [0, 0.05) is 19.7 Å². The largest absolute Gasteiger partial charge is 0.383 e. The minimum Gasteiger partial charge on any atom is -0.383 e. The molecule has 1 atom stereocenters. The number of hydrogen-bond donors (Lipinski definition) is 0. The molecule has 0 aromatic heterocycles. The maximum absolute atomic E-state index is 8.74. The molecule has 1 rings (SSSR count). The first-order valence-electron chi connectivity index (χ1n) is 5.93. The molecule has 0 heterocycles. The number of benzene rings is 1. The molecule has 1 unspecified atom stereocenters. The molecule has 1 aromatic rings. The van der Waals surface area contributed by atoms with Gasteiger partial charge in [0.15, 0.2) is 0 Å². The molecule has 0 N–H and O–H groups in total. The summed E-state index contributed by atoms with van der Waals surface area (Å²) in [6.45, 7) is 6.94. The maximum atomic E-state index is 8.74. The SMILES string of the molecule is CCN(Cc1ccc(C#N)cc1)C(C)COC. The van der Waals surface area contributed by atoms with Crippen molar-refractivity contribution in [2.24, 2.45) is 0 Å². The van der Waals surface area contributed by atoms with E-state index < -0.39 is 0 Å². The Morgan fingerprint density at radius 3 is 2.47 bits per heavy atom. The third-order valence-corrected chi connectivity index (χ3v) is 2.91. The van der Waals surface area contributed by atoms with Gasteiger partial charge in [-0.15, -0.1) is 0 Å². The third-order valence-electron chi connectivity index (χ3n) is 2.91. The summed E-state index contributed by atoms with van der Waals surface area (Å²) in [5, 5.41) is 8.74. The predicted octanol–water partition coefficient (Wildman–Crippen LogP) is 2.42. The Morgan fingerprint density at radius 2 is 2.00 bits per heavy atom. The lowest BCUT2D eigenvalue weighted by Crippen LogP contribution is -2.35. The van der Waals surface area contributed by atoms with Crippen LogP contribution in [-0.2, 0) is 11.3 Å². The molecule has 0 aliphatic rings. The Bertz CT molecular complexity index is 367. The second kappa shape index (κ2) is 7.05. The Hall–Kier alpha value is -1.37. The van der Waals surface area contributed by atoms with E-state index >= 15 is 0 Å². The maximum Gasteiger partial charge on any atom is 0.0991 e. The number of nitriles is 1. The molecule has 0 aliphatic carbocycles. The molecule has 0 spiro atoms. The second-order valence-electron chi connectivity index (χ2n) is 4.18. The molecular formula is C14H20N2O. The van der Waals surface area contributed by atoms with Gasteiger partial charge in [-0.1, -0.05) is 19.1 Å². The van der Waals surface area contributed by atoms with Crippen molar-refractivity contribution in [3.63, 3.8) is 0 Å². The van der Waals surface area contributed by atoms with Crippen molar-refractivity contribution in [1.29, 1.82) is 5.26 Å². The highest BCUT2D eigenvalue weighted by Crippen LogP contribution is 2.09. The molecule has 0 aliphatic heterocycles. The minimum atomic E-state index is 0.403. The van der Waals surface area contributed by atoms with Gasteiger partial charge in [0.1, 0.15) is 0 Å². The van der Waals surface area contributed by atoms with Crippen molar-refractivity contribution in [2.75, 3.05) is 20.3 Å². The summed E-state index contributed by atoms with van der Waals surface area (Å²) >= 11 is 0. The van der Waals surface area contributed by atoms with Gasteiger partial charge in [-0.2, -0.15) is 5.26 Å². The van der Waals surface area contributed by atoms with Crippen molar-refractivity contribution in [3.05, 3.63) is 35.4 Å². The molecule has 0 fully saturated rings. The molecule has 0 saturated heterocycles. The van der Waals surface area contributed by atoms with Gasteiger partial charge in [0.25, 0.3) is 0 Å². The van der Waals surface area contributed by atoms with E-state index in [0.717, 1.165) is 19.7 Å². The van der Waals surface area contributed by atoms with E-state index in [9.17, 15) is 0 Å². The van der Waals surface area contributed by atoms with Crippen molar-refractivity contribution in [2.45, 2.75) is 26.4 Å². The van der Waals surface area contributed by atoms with Crippen LogP contribution >= 0.6 is 0 Å². The van der Waals surface area contributed by atoms with Crippen LogP contribution in [0.1, 0.15) is 25.0 Å². The van der Waals surface area contributed by atoms with Crippen LogP contribution in [0, 0.1) is 11.3 Å². The molecule has 17 heavy (non-hydrogen) atoms. The molecule has 3 heteroatoms. The topological polar surface area (TPSA) is 36.3 Å². The van der Waals surface area contributed by atoms with Crippen LogP contribution in [-0.4, -0.2) is 31.2 Å². The van der Waals surface area contributed by atoms with Crippen molar-refractivity contribution >= 4 is 0 Å². The highest BCUT2D eigenvalue weighted by atomic mass is 16.5. The summed E-state index contributed by atoms with van der Waals surface area (Å²) in [7, 11) is 1.73. The number of methoxy groups -OCH3 is 1. The van der Waals surface area contributed by atoms with Gasteiger partial charge in [-0.05, 0) is 31.2 Å². The molecular weight excluding hydrogens is 212 g/mol. The molecule has 0 amide bonds. The van der Waals surface area contributed by atoms with Crippen LogP contribution in [0.25, 0.3) is 0 Å². The zero-order valence-corrected chi connectivity index (χ0v) is 10.8. The predicted molar refractivity (Wildman–Crippen MR) is 68.6 cm³/mol. The van der Waals surface area contributed by atoms with Crippen LogP contribution < -0.4 is 0 Å². The third kappa shape index (κ3) is 4.18. The zero-order valence-electron chi connectivity index (χ0n) is 10.8. The average Bonchev–Trinajstić information content (AvgIpc) is 2.37. The van der Waals surface area contributed by atoms with Gasteiger partial charge in [-0.25, -0.2) is 0 Å². The highest BCUT2D eigenvalue weighted by Gasteiger charge is 2.11. The summed E-state index contributed by atoms with van der Waals surface area (Å²) in [5.41, 5.74) is 1.94. The van der Waals surface area contributed by atoms with Gasteiger partial charge in [-0.3, -0.25) is 4.90 Å². The average molecular weight is 232 g/mol. The van der Waals surface area contributed by atoms with E-state index in [1.165, 1.54) is 5.56 Å². The van der Waals surface area contributed by atoms with E-state index in [4.69, 9.17) is 10.00 Å².